The molecule has 3 saturated heterocycles. The third-order valence-corrected chi connectivity index (χ3v) is 16.2. The van der Waals surface area contributed by atoms with Crippen molar-refractivity contribution in [3.8, 4) is 22.3 Å². The molecule has 1 saturated carbocycles. The second-order valence-corrected chi connectivity index (χ2v) is 23.1. The number of ether oxygens (including phenoxy) is 2. The highest BCUT2D eigenvalue weighted by Gasteiger charge is 2.64. The number of aliphatic hydroxyl groups is 1. The number of pyridine rings is 1. The van der Waals surface area contributed by atoms with Crippen molar-refractivity contribution < 1.29 is 33.8 Å². The van der Waals surface area contributed by atoms with Gasteiger partial charge in [0.05, 0.1) is 51.0 Å². The summed E-state index contributed by atoms with van der Waals surface area (Å²) in [4.78, 5) is 71.0. The zero-order chi connectivity index (χ0) is 51.2. The van der Waals surface area contributed by atoms with Crippen molar-refractivity contribution in [2.45, 2.75) is 124 Å². The molecule has 4 amide bonds. The molecule has 4 aliphatic rings. The highest BCUT2D eigenvalue weighted by atomic mass is 35.5. The number of aliphatic hydroxyl groups excluding tert-OH is 1. The zero-order valence-corrected chi connectivity index (χ0v) is 43.6. The number of hydrogen-bond donors (Lipinski definition) is 4. The number of piperazine rings is 1. The Bertz CT molecular complexity index is 2650. The van der Waals surface area contributed by atoms with Crippen LogP contribution in [-0.4, -0.2) is 130 Å². The molecule has 4 N–H and O–H groups in total. The van der Waals surface area contributed by atoms with E-state index in [1.165, 1.54) is 4.90 Å². The number of rotatable bonds is 16. The Balaban J connectivity index is 0.774. The predicted octanol–water partition coefficient (Wildman–Crippen LogP) is 6.30. The number of likely N-dealkylation sites (tertiary alicyclic amines) is 2. The summed E-state index contributed by atoms with van der Waals surface area (Å²) >= 11 is 7.84. The number of nitrogens with one attached hydrogen (secondary N) is 3. The molecule has 2 aromatic heterocycles. The van der Waals surface area contributed by atoms with E-state index < -0.39 is 46.2 Å². The van der Waals surface area contributed by atoms with Crippen LogP contribution >= 0.6 is 22.9 Å². The molecule has 4 fully saturated rings. The number of aromatic nitrogens is 2. The number of nitriles is 1. The number of carbonyl (C=O) groups is 4. The summed E-state index contributed by atoms with van der Waals surface area (Å²) in [5.74, 6) is -0.0491. The topological polar surface area (TPSA) is 202 Å². The van der Waals surface area contributed by atoms with Crippen LogP contribution in [0.5, 0.6) is 5.75 Å². The number of anilines is 1. The van der Waals surface area contributed by atoms with E-state index >= 15 is 0 Å². The van der Waals surface area contributed by atoms with Gasteiger partial charge in [-0.1, -0.05) is 84.3 Å². The third kappa shape index (κ3) is 10.8. The lowest BCUT2D eigenvalue weighted by Gasteiger charge is -2.63. The first-order valence-electron chi connectivity index (χ1n) is 24.4. The largest absolute Gasteiger partial charge is 0.489 e. The monoisotopic (exact) mass is 1010 g/mol. The average Bonchev–Trinajstić information content (AvgIpc) is 4.14. The molecular formula is C53H66ClN9O7S. The Hall–Kier alpha value is -5.64. The van der Waals surface area contributed by atoms with Crippen LogP contribution in [0.15, 0.2) is 66.3 Å². The van der Waals surface area contributed by atoms with Crippen LogP contribution in [0.1, 0.15) is 101 Å². The van der Waals surface area contributed by atoms with Crippen LogP contribution in [0.2, 0.25) is 5.02 Å². The van der Waals surface area contributed by atoms with E-state index in [0.717, 1.165) is 47.0 Å². The fourth-order valence-electron chi connectivity index (χ4n) is 11.4. The standard InChI is InChI=1S/C53H66ClN9O7S/c1-30(32-10-12-33(13-11-32)44-31(2)57-29-71-44)58-47(67)41-21-38(64)27-63(41)48(68)45(51(3,4)5)59-43(65)28-69-19-18-61-25-37-20-36(61)26-62(37)42-17-15-35(24-56-42)46(66)60-49-52(6,7)50(53(49,8)9)70-39-16-14-34(23-55)40(54)22-39/h10-17,22,24,29-30,36-38,41,45,49-50,64H,18-21,25-28H2,1-9H3,(H,58,67)(H,59,65)(H,60,66)/t30-,36-,37-,38+,41-,45+,49?,50?/m0/s1. The minimum atomic E-state index is -0.964. The molecule has 71 heavy (non-hydrogen) atoms. The molecule has 0 unspecified atom stereocenters. The van der Waals surface area contributed by atoms with Crippen molar-refractivity contribution in [1.29, 1.82) is 5.26 Å². The van der Waals surface area contributed by atoms with Crippen LogP contribution in [-0.2, 0) is 19.1 Å². The molecule has 2 aromatic carbocycles. The number of carbonyl (C=O) groups excluding carboxylic acids is 4. The molecule has 1 aliphatic carbocycles. The average molecular weight is 1010 g/mol. The molecule has 3 aliphatic heterocycles. The van der Waals surface area contributed by atoms with Crippen molar-refractivity contribution in [2.75, 3.05) is 44.3 Å². The third-order valence-electron chi connectivity index (χ3n) is 14.9. The Kier molecular flexibility index (Phi) is 14.9. The van der Waals surface area contributed by atoms with Crippen LogP contribution < -0.4 is 25.6 Å². The first-order chi connectivity index (χ1) is 33.6. The van der Waals surface area contributed by atoms with Gasteiger partial charge in [0.1, 0.15) is 42.4 Å². The van der Waals surface area contributed by atoms with Gasteiger partial charge in [-0.3, -0.25) is 24.1 Å². The number of fused-ring (bicyclic) bond motifs is 2. The fourth-order valence-corrected chi connectivity index (χ4v) is 12.4. The Morgan fingerprint density at radius 1 is 0.972 bits per heavy atom. The molecule has 2 bridgehead atoms. The Labute approximate surface area is 425 Å². The predicted molar refractivity (Wildman–Crippen MR) is 272 cm³/mol. The van der Waals surface area contributed by atoms with Crippen molar-refractivity contribution in [3.63, 3.8) is 0 Å². The van der Waals surface area contributed by atoms with E-state index in [9.17, 15) is 29.5 Å². The summed E-state index contributed by atoms with van der Waals surface area (Å²) in [6.45, 7) is 20.0. The highest BCUT2D eigenvalue weighted by molar-refractivity contribution is 7.13. The summed E-state index contributed by atoms with van der Waals surface area (Å²) in [5, 5.41) is 29.4. The van der Waals surface area contributed by atoms with E-state index in [-0.39, 0.29) is 61.7 Å². The number of benzene rings is 2. The maximum absolute atomic E-state index is 14.2. The molecule has 16 nitrogen and oxygen atoms in total. The number of nitrogens with zero attached hydrogens (tertiary/aromatic N) is 6. The molecule has 0 radical (unpaired) electrons. The van der Waals surface area contributed by atoms with Gasteiger partial charge in [-0.25, -0.2) is 9.97 Å². The molecule has 5 heterocycles. The Morgan fingerprint density at radius 3 is 2.31 bits per heavy atom. The summed E-state index contributed by atoms with van der Waals surface area (Å²) in [7, 11) is 0. The van der Waals surface area contributed by atoms with Crippen LogP contribution in [0.25, 0.3) is 10.4 Å². The summed E-state index contributed by atoms with van der Waals surface area (Å²) in [6, 6.07) is 16.9. The molecule has 378 valence electrons. The fraction of sp³-hybridized carbons (Fsp3) is 0.528. The van der Waals surface area contributed by atoms with Crippen LogP contribution in [0, 0.1) is 34.5 Å². The van der Waals surface area contributed by atoms with E-state index in [1.54, 1.807) is 35.7 Å². The molecule has 0 spiro atoms. The minimum absolute atomic E-state index is 0.0168. The zero-order valence-electron chi connectivity index (χ0n) is 42.0. The number of hydrogen-bond acceptors (Lipinski definition) is 13. The SMILES string of the molecule is Cc1ncsc1-c1ccc([C@H](C)NC(=O)[C@@H]2C[C@@H](O)CN2C(=O)[C@@H](NC(=O)COCCN2C[C@@H]3C[C@H]2CN3c2ccc(C(=O)NC3C(C)(C)C(Oc4ccc(C#N)c(Cl)c4)C3(C)C)cn2)C(C)(C)C)cc1. The number of halogens is 1. The van der Waals surface area contributed by atoms with E-state index in [2.05, 4.69) is 64.5 Å². The molecule has 8 rings (SSSR count). The van der Waals surface area contributed by atoms with Crippen molar-refractivity contribution in [1.82, 2.24) is 35.7 Å². The lowest BCUT2D eigenvalue weighted by Crippen LogP contribution is -2.74. The van der Waals surface area contributed by atoms with E-state index in [0.29, 0.717) is 35.1 Å². The summed E-state index contributed by atoms with van der Waals surface area (Å²) in [5.41, 5.74) is 4.09. The number of aryl methyl sites for hydroxylation is 1. The van der Waals surface area contributed by atoms with Gasteiger partial charge in [-0.2, -0.15) is 5.26 Å². The number of β-amino-alcohol motifs (C(OH)–C–C–N with tert-alkyl or cyclic N) is 1. The highest BCUT2D eigenvalue weighted by Crippen LogP contribution is 2.55. The van der Waals surface area contributed by atoms with Crippen molar-refractivity contribution >= 4 is 52.4 Å². The normalized spacial score (nSPS) is 24.1. The van der Waals surface area contributed by atoms with Gasteiger partial charge in [0.25, 0.3) is 5.91 Å². The van der Waals surface area contributed by atoms with E-state index in [1.807, 2.05) is 76.5 Å². The van der Waals surface area contributed by atoms with Gasteiger partial charge >= 0.3 is 0 Å². The van der Waals surface area contributed by atoms with Crippen molar-refractivity contribution in [3.05, 3.63) is 93.7 Å². The minimum Gasteiger partial charge on any atom is -0.489 e. The molecule has 18 heteroatoms. The van der Waals surface area contributed by atoms with Gasteiger partial charge in [0.15, 0.2) is 0 Å². The summed E-state index contributed by atoms with van der Waals surface area (Å²) in [6.07, 6.45) is 1.59. The van der Waals surface area contributed by atoms with Crippen LogP contribution in [0.3, 0.4) is 0 Å². The summed E-state index contributed by atoms with van der Waals surface area (Å²) < 4.78 is 12.2. The first-order valence-corrected chi connectivity index (χ1v) is 25.6. The molecule has 6 atom stereocenters. The second-order valence-electron chi connectivity index (χ2n) is 21.8. The van der Waals surface area contributed by atoms with Crippen LogP contribution in [0.4, 0.5) is 5.82 Å². The lowest BCUT2D eigenvalue weighted by molar-refractivity contribution is -0.164. The van der Waals surface area contributed by atoms with Gasteiger partial charge in [0, 0.05) is 73.8 Å². The maximum atomic E-state index is 14.2. The molecular weight excluding hydrogens is 942 g/mol. The number of amides is 4. The van der Waals surface area contributed by atoms with Gasteiger partial charge < -0.3 is 40.3 Å². The number of thiazole rings is 1. The molecule has 4 aromatic rings. The quantitative estimate of drug-likeness (QED) is 0.0915. The lowest BCUT2D eigenvalue weighted by atomic mass is 9.49. The van der Waals surface area contributed by atoms with Crippen molar-refractivity contribution in [2.24, 2.45) is 16.2 Å². The van der Waals surface area contributed by atoms with E-state index in [4.69, 9.17) is 26.1 Å². The first kappa shape index (κ1) is 51.7. The van der Waals surface area contributed by atoms with Gasteiger partial charge in [-0.15, -0.1) is 11.3 Å². The van der Waals surface area contributed by atoms with Gasteiger partial charge in [0.2, 0.25) is 17.7 Å². The smallest absolute Gasteiger partial charge is 0.253 e. The maximum Gasteiger partial charge on any atom is 0.253 e. The Morgan fingerprint density at radius 2 is 1.70 bits per heavy atom. The second kappa shape index (κ2) is 20.5. The van der Waals surface area contributed by atoms with Gasteiger partial charge in [-0.05, 0) is 61.1 Å².